The first-order valence-corrected chi connectivity index (χ1v) is 9.18. The maximum absolute atomic E-state index is 12.9. The molecule has 2 aromatic rings. The number of aliphatic hydroxyl groups is 1. The Bertz CT molecular complexity index is 898. The molecule has 1 fully saturated rings. The number of hydrogen-bond acceptors (Lipinski definition) is 6. The lowest BCUT2D eigenvalue weighted by atomic mass is 9.95. The highest BCUT2D eigenvalue weighted by Crippen LogP contribution is 2.39. The Morgan fingerprint density at radius 2 is 2.07 bits per heavy atom. The van der Waals surface area contributed by atoms with Gasteiger partial charge < -0.3 is 14.9 Å². The molecule has 3 rings (SSSR count). The minimum atomic E-state index is -0.684. The summed E-state index contributed by atoms with van der Waals surface area (Å²) in [5.41, 5.74) is 2.43. The number of hydrogen-bond donors (Lipinski definition) is 2. The molecule has 148 valence electrons. The molecule has 1 atom stereocenters. The van der Waals surface area contributed by atoms with Crippen LogP contribution in [-0.4, -0.2) is 69.0 Å². The van der Waals surface area contributed by atoms with Crippen molar-refractivity contribution in [3.05, 3.63) is 52.6 Å². The fourth-order valence-corrected chi connectivity index (χ4v) is 3.59. The number of nitrogens with zero attached hydrogens (tertiary/aromatic N) is 4. The number of aliphatic hydroxyl groups excluding tert-OH is 1. The minimum Gasteiger partial charge on any atom is -0.507 e. The second-order valence-electron chi connectivity index (χ2n) is 7.24. The number of aromatic amines is 1. The van der Waals surface area contributed by atoms with Crippen LogP contribution in [0.3, 0.4) is 0 Å². The molecular formula is C20H25N5O3. The van der Waals surface area contributed by atoms with Crippen LogP contribution >= 0.6 is 0 Å². The van der Waals surface area contributed by atoms with E-state index in [1.54, 1.807) is 32.3 Å². The molecule has 3 heterocycles. The van der Waals surface area contributed by atoms with Crippen LogP contribution in [0.4, 0.5) is 0 Å². The average molecular weight is 383 g/mol. The van der Waals surface area contributed by atoms with Crippen LogP contribution in [0, 0.1) is 13.8 Å². The van der Waals surface area contributed by atoms with Gasteiger partial charge in [0.2, 0.25) is 0 Å². The predicted octanol–water partition coefficient (Wildman–Crippen LogP) is 1.79. The Hall–Kier alpha value is -3.00. The first-order chi connectivity index (χ1) is 13.3. The molecule has 0 spiro atoms. The van der Waals surface area contributed by atoms with Crippen LogP contribution in [0.5, 0.6) is 0 Å². The summed E-state index contributed by atoms with van der Waals surface area (Å²) in [7, 11) is 3.91. The lowest BCUT2D eigenvalue weighted by molar-refractivity contribution is -0.139. The summed E-state index contributed by atoms with van der Waals surface area (Å²) in [4.78, 5) is 33.4. The number of carbonyl (C=O) groups excluding carboxylic acids is 2. The lowest BCUT2D eigenvalue weighted by Crippen LogP contribution is -2.32. The fraction of sp³-hybridized carbons (Fsp3) is 0.400. The molecule has 0 aromatic carbocycles. The fourth-order valence-electron chi connectivity index (χ4n) is 3.59. The Balaban J connectivity index is 2.10. The van der Waals surface area contributed by atoms with Gasteiger partial charge in [-0.1, -0.05) is 6.07 Å². The van der Waals surface area contributed by atoms with Gasteiger partial charge in [-0.3, -0.25) is 19.7 Å². The summed E-state index contributed by atoms with van der Waals surface area (Å²) in [6, 6.07) is 2.89. The van der Waals surface area contributed by atoms with Crippen LogP contribution in [-0.2, 0) is 9.59 Å². The van der Waals surface area contributed by atoms with Crippen molar-refractivity contribution in [2.45, 2.75) is 26.3 Å². The quantitative estimate of drug-likeness (QED) is 0.448. The summed E-state index contributed by atoms with van der Waals surface area (Å²) < 4.78 is 0. The molecule has 2 aromatic heterocycles. The van der Waals surface area contributed by atoms with Crippen molar-refractivity contribution in [1.82, 2.24) is 25.0 Å². The zero-order valence-electron chi connectivity index (χ0n) is 16.6. The summed E-state index contributed by atoms with van der Waals surface area (Å²) >= 11 is 0. The van der Waals surface area contributed by atoms with Crippen molar-refractivity contribution in [3.8, 4) is 0 Å². The number of rotatable bonds is 6. The summed E-state index contributed by atoms with van der Waals surface area (Å²) in [5, 5.41) is 17.9. The van der Waals surface area contributed by atoms with E-state index in [0.29, 0.717) is 35.5 Å². The third kappa shape index (κ3) is 3.55. The summed E-state index contributed by atoms with van der Waals surface area (Å²) in [5.74, 6) is -1.49. The highest BCUT2D eigenvalue weighted by atomic mass is 16.3. The van der Waals surface area contributed by atoms with Gasteiger partial charge in [0.15, 0.2) is 0 Å². The second kappa shape index (κ2) is 7.93. The third-order valence-electron chi connectivity index (χ3n) is 4.91. The Labute approximate surface area is 163 Å². The predicted molar refractivity (Wildman–Crippen MR) is 104 cm³/mol. The van der Waals surface area contributed by atoms with E-state index in [9.17, 15) is 14.7 Å². The van der Waals surface area contributed by atoms with Gasteiger partial charge in [0.25, 0.3) is 11.7 Å². The van der Waals surface area contributed by atoms with Gasteiger partial charge in [-0.2, -0.15) is 5.10 Å². The van der Waals surface area contributed by atoms with E-state index in [1.807, 2.05) is 25.1 Å². The van der Waals surface area contributed by atoms with Gasteiger partial charge in [-0.05, 0) is 52.5 Å². The topological polar surface area (TPSA) is 102 Å². The monoisotopic (exact) mass is 383 g/mol. The van der Waals surface area contributed by atoms with Crippen molar-refractivity contribution in [2.24, 2.45) is 0 Å². The minimum absolute atomic E-state index is 0.0791. The first-order valence-electron chi connectivity index (χ1n) is 9.18. The molecule has 0 saturated carbocycles. The van der Waals surface area contributed by atoms with E-state index in [1.165, 1.54) is 4.90 Å². The van der Waals surface area contributed by atoms with Crippen LogP contribution in [0.25, 0.3) is 5.76 Å². The van der Waals surface area contributed by atoms with Crippen molar-refractivity contribution < 1.29 is 14.7 Å². The van der Waals surface area contributed by atoms with E-state index in [0.717, 1.165) is 6.54 Å². The number of aromatic nitrogens is 3. The standard InChI is InChI=1S/C20H25N5O3/c1-12-15(13(2)23-22-12)18(26)16-17(14-7-5-8-21-11-14)25(20(28)19(16)27)10-6-9-24(3)4/h5,7-8,11,17,26H,6,9-10H2,1-4H3,(H,22,23)/t17-/m0/s1. The highest BCUT2D eigenvalue weighted by molar-refractivity contribution is 6.46. The average Bonchev–Trinajstić information content (AvgIpc) is 3.12. The molecule has 2 N–H and O–H groups in total. The number of H-pyrrole nitrogens is 1. The maximum atomic E-state index is 12.9. The van der Waals surface area contributed by atoms with Gasteiger partial charge in [-0.15, -0.1) is 0 Å². The number of likely N-dealkylation sites (tertiary alicyclic amines) is 1. The van der Waals surface area contributed by atoms with E-state index in [4.69, 9.17) is 0 Å². The number of carbonyl (C=O) groups is 2. The lowest BCUT2D eigenvalue weighted by Gasteiger charge is -2.25. The summed E-state index contributed by atoms with van der Waals surface area (Å²) in [6.07, 6.45) is 3.96. The number of aryl methyl sites for hydroxylation is 2. The van der Waals surface area contributed by atoms with Gasteiger partial charge in [0.1, 0.15) is 5.76 Å². The van der Waals surface area contributed by atoms with Gasteiger partial charge >= 0.3 is 0 Å². The van der Waals surface area contributed by atoms with Crippen LogP contribution in [0.2, 0.25) is 0 Å². The van der Waals surface area contributed by atoms with Crippen LogP contribution in [0.15, 0.2) is 30.1 Å². The molecule has 8 nitrogen and oxygen atoms in total. The number of ketones is 1. The molecule has 1 amide bonds. The summed E-state index contributed by atoms with van der Waals surface area (Å²) in [6.45, 7) is 4.69. The smallest absolute Gasteiger partial charge is 0.295 e. The van der Waals surface area contributed by atoms with E-state index < -0.39 is 17.7 Å². The van der Waals surface area contributed by atoms with Crippen LogP contribution in [0.1, 0.15) is 35.0 Å². The number of nitrogens with one attached hydrogen (secondary N) is 1. The SMILES string of the molecule is Cc1n[nH]c(C)c1C(O)=C1C(=O)C(=O)N(CCCN(C)C)[C@H]1c1cccnc1. The van der Waals surface area contributed by atoms with Gasteiger partial charge in [-0.25, -0.2) is 0 Å². The van der Waals surface area contributed by atoms with Crippen molar-refractivity contribution in [2.75, 3.05) is 27.2 Å². The largest absolute Gasteiger partial charge is 0.507 e. The molecule has 0 unspecified atom stereocenters. The molecule has 0 aliphatic carbocycles. The number of Topliss-reactive ketones (excluding diaryl/α,β-unsaturated/α-hetero) is 1. The van der Waals surface area contributed by atoms with Crippen molar-refractivity contribution >= 4 is 17.4 Å². The second-order valence-corrected chi connectivity index (χ2v) is 7.24. The van der Waals surface area contributed by atoms with Crippen molar-refractivity contribution in [1.29, 1.82) is 0 Å². The van der Waals surface area contributed by atoms with Crippen LogP contribution < -0.4 is 0 Å². The Kier molecular flexibility index (Phi) is 5.60. The Morgan fingerprint density at radius 1 is 1.32 bits per heavy atom. The molecule has 28 heavy (non-hydrogen) atoms. The molecular weight excluding hydrogens is 358 g/mol. The van der Waals surface area contributed by atoms with E-state index in [2.05, 4.69) is 15.2 Å². The zero-order valence-corrected chi connectivity index (χ0v) is 16.6. The van der Waals surface area contributed by atoms with E-state index in [-0.39, 0.29) is 11.3 Å². The van der Waals surface area contributed by atoms with Gasteiger partial charge in [0, 0.05) is 24.6 Å². The molecule has 0 bridgehead atoms. The molecule has 0 radical (unpaired) electrons. The molecule has 1 aliphatic heterocycles. The van der Waals surface area contributed by atoms with E-state index >= 15 is 0 Å². The molecule has 1 aliphatic rings. The molecule has 8 heteroatoms. The molecule has 1 saturated heterocycles. The third-order valence-corrected chi connectivity index (χ3v) is 4.91. The normalized spacial score (nSPS) is 19.0. The first kappa shape index (κ1) is 19.8. The van der Waals surface area contributed by atoms with Gasteiger partial charge in [0.05, 0.1) is 22.9 Å². The number of pyridine rings is 1. The number of amides is 1. The maximum Gasteiger partial charge on any atom is 0.295 e. The van der Waals surface area contributed by atoms with Crippen molar-refractivity contribution in [3.63, 3.8) is 0 Å². The zero-order chi connectivity index (χ0) is 20.4. The highest BCUT2D eigenvalue weighted by Gasteiger charge is 2.46. The Morgan fingerprint density at radius 3 is 2.64 bits per heavy atom.